The van der Waals surface area contributed by atoms with Crippen LogP contribution in [0.15, 0.2) is 64.0 Å². The number of hydrogen-bond acceptors (Lipinski definition) is 7. The molecule has 1 fully saturated rings. The molecule has 2 heterocycles. The highest BCUT2D eigenvalue weighted by Gasteiger charge is 2.24. The quantitative estimate of drug-likeness (QED) is 0.499. The van der Waals surface area contributed by atoms with Crippen molar-refractivity contribution in [2.75, 3.05) is 39.3 Å². The van der Waals surface area contributed by atoms with Crippen LogP contribution in [0.2, 0.25) is 0 Å². The van der Waals surface area contributed by atoms with Gasteiger partial charge in [-0.2, -0.15) is 4.98 Å². The lowest BCUT2D eigenvalue weighted by atomic mass is 10.2. The van der Waals surface area contributed by atoms with Crippen molar-refractivity contribution in [3.8, 4) is 5.75 Å². The molecule has 0 atom stereocenters. The van der Waals surface area contributed by atoms with Crippen LogP contribution in [0.4, 0.5) is 0 Å². The van der Waals surface area contributed by atoms with Crippen LogP contribution in [0.25, 0.3) is 0 Å². The maximum Gasteiger partial charge on any atom is 0.255 e. The molecule has 0 spiro atoms. The first kappa shape index (κ1) is 21.4. The SMILES string of the molecule is Cc1noc(CSc2ccccc2C(=O)N2CCN(CCOc3ccccc3)CC2)n1. The van der Waals surface area contributed by atoms with Gasteiger partial charge in [-0.25, -0.2) is 0 Å². The van der Waals surface area contributed by atoms with Crippen molar-refractivity contribution in [2.24, 2.45) is 0 Å². The number of hydrogen-bond donors (Lipinski definition) is 0. The van der Waals surface area contributed by atoms with Gasteiger partial charge in [0.25, 0.3) is 5.91 Å². The molecule has 2 aromatic carbocycles. The van der Waals surface area contributed by atoms with Crippen molar-refractivity contribution in [2.45, 2.75) is 17.6 Å². The number of thioether (sulfide) groups is 1. The van der Waals surface area contributed by atoms with Crippen molar-refractivity contribution in [1.29, 1.82) is 0 Å². The fourth-order valence-electron chi connectivity index (χ4n) is 3.46. The smallest absolute Gasteiger partial charge is 0.255 e. The minimum atomic E-state index is 0.0741. The van der Waals surface area contributed by atoms with Gasteiger partial charge in [0.05, 0.1) is 11.3 Å². The van der Waals surface area contributed by atoms with Crippen LogP contribution in [-0.2, 0) is 5.75 Å². The van der Waals surface area contributed by atoms with E-state index in [-0.39, 0.29) is 5.91 Å². The summed E-state index contributed by atoms with van der Waals surface area (Å²) in [5, 5.41) is 3.82. The minimum absolute atomic E-state index is 0.0741. The molecule has 3 aromatic rings. The molecule has 1 amide bonds. The lowest BCUT2D eigenvalue weighted by molar-refractivity contribution is 0.0617. The molecule has 0 unspecified atom stereocenters. The third-order valence-corrected chi connectivity index (χ3v) is 6.18. The van der Waals surface area contributed by atoms with Gasteiger partial charge in [0.2, 0.25) is 5.89 Å². The predicted octanol–water partition coefficient (Wildman–Crippen LogP) is 3.51. The number of benzene rings is 2. The summed E-state index contributed by atoms with van der Waals surface area (Å²) >= 11 is 1.54. The Morgan fingerprint density at radius 3 is 2.55 bits per heavy atom. The molecule has 4 rings (SSSR count). The lowest BCUT2D eigenvalue weighted by Crippen LogP contribution is -2.49. The standard InChI is InChI=1S/C23H26N4O3S/c1-18-24-22(30-25-18)17-31-21-10-6-5-9-20(21)23(28)27-13-11-26(12-14-27)15-16-29-19-7-3-2-4-8-19/h2-10H,11-17H2,1H3. The van der Waals surface area contributed by atoms with Crippen molar-refractivity contribution in [3.05, 3.63) is 71.9 Å². The second-order valence-corrected chi connectivity index (χ2v) is 8.33. The van der Waals surface area contributed by atoms with Gasteiger partial charge in [-0.1, -0.05) is 35.5 Å². The van der Waals surface area contributed by atoms with Crippen LogP contribution in [0.5, 0.6) is 5.75 Å². The van der Waals surface area contributed by atoms with Gasteiger partial charge >= 0.3 is 0 Å². The Hall–Kier alpha value is -2.84. The summed E-state index contributed by atoms with van der Waals surface area (Å²) in [5.74, 6) is 2.69. The fourth-order valence-corrected chi connectivity index (χ4v) is 4.34. The highest BCUT2D eigenvalue weighted by molar-refractivity contribution is 7.98. The van der Waals surface area contributed by atoms with E-state index in [2.05, 4.69) is 15.0 Å². The average Bonchev–Trinajstić information content (AvgIpc) is 3.24. The Bertz CT molecular complexity index is 987. The highest BCUT2D eigenvalue weighted by atomic mass is 32.2. The molecule has 1 saturated heterocycles. The van der Waals surface area contributed by atoms with Crippen molar-refractivity contribution >= 4 is 17.7 Å². The van der Waals surface area contributed by atoms with E-state index < -0.39 is 0 Å². The molecule has 1 aromatic heterocycles. The zero-order valence-electron chi connectivity index (χ0n) is 17.6. The first-order valence-corrected chi connectivity index (χ1v) is 11.4. The normalized spacial score (nSPS) is 14.5. The lowest BCUT2D eigenvalue weighted by Gasteiger charge is -2.35. The summed E-state index contributed by atoms with van der Waals surface area (Å²) in [7, 11) is 0. The van der Waals surface area contributed by atoms with Crippen LogP contribution in [-0.4, -0.2) is 65.2 Å². The Morgan fingerprint density at radius 1 is 1.06 bits per heavy atom. The monoisotopic (exact) mass is 438 g/mol. The van der Waals surface area contributed by atoms with Gasteiger partial charge < -0.3 is 14.2 Å². The van der Waals surface area contributed by atoms with Gasteiger partial charge in [0.15, 0.2) is 5.82 Å². The van der Waals surface area contributed by atoms with E-state index in [0.29, 0.717) is 37.2 Å². The fraction of sp³-hybridized carbons (Fsp3) is 0.348. The largest absolute Gasteiger partial charge is 0.492 e. The number of amides is 1. The summed E-state index contributed by atoms with van der Waals surface area (Å²) in [5.41, 5.74) is 0.726. The second-order valence-electron chi connectivity index (χ2n) is 7.32. The summed E-state index contributed by atoms with van der Waals surface area (Å²) in [4.78, 5) is 22.6. The second kappa shape index (κ2) is 10.5. The number of carbonyl (C=O) groups excluding carboxylic acids is 1. The van der Waals surface area contributed by atoms with Gasteiger partial charge in [-0.05, 0) is 31.2 Å². The highest BCUT2D eigenvalue weighted by Crippen LogP contribution is 2.27. The summed E-state index contributed by atoms with van der Waals surface area (Å²) in [6.07, 6.45) is 0. The maximum absolute atomic E-state index is 13.2. The number of para-hydroxylation sites is 1. The van der Waals surface area contributed by atoms with E-state index in [1.165, 1.54) is 0 Å². The molecule has 7 nitrogen and oxygen atoms in total. The Balaban J connectivity index is 1.27. The minimum Gasteiger partial charge on any atom is -0.492 e. The number of aryl methyl sites for hydroxylation is 1. The molecule has 1 aliphatic heterocycles. The average molecular weight is 439 g/mol. The zero-order valence-corrected chi connectivity index (χ0v) is 18.4. The topological polar surface area (TPSA) is 71.7 Å². The summed E-state index contributed by atoms with van der Waals surface area (Å²) < 4.78 is 11.0. The van der Waals surface area contributed by atoms with Crippen LogP contribution >= 0.6 is 11.8 Å². The molecular weight excluding hydrogens is 412 g/mol. The molecule has 0 bridgehead atoms. The molecule has 31 heavy (non-hydrogen) atoms. The Kier molecular flexibility index (Phi) is 7.22. The van der Waals surface area contributed by atoms with Gasteiger partial charge in [0, 0.05) is 37.6 Å². The predicted molar refractivity (Wildman–Crippen MR) is 119 cm³/mol. The van der Waals surface area contributed by atoms with Crippen LogP contribution in [0.3, 0.4) is 0 Å². The molecule has 8 heteroatoms. The van der Waals surface area contributed by atoms with Gasteiger partial charge in [0.1, 0.15) is 12.4 Å². The van der Waals surface area contributed by atoms with E-state index in [1.54, 1.807) is 18.7 Å². The number of piperazine rings is 1. The number of rotatable bonds is 8. The summed E-state index contributed by atoms with van der Waals surface area (Å²) in [6, 6.07) is 17.6. The Labute approximate surface area is 186 Å². The number of aromatic nitrogens is 2. The van der Waals surface area contributed by atoms with Crippen molar-refractivity contribution in [3.63, 3.8) is 0 Å². The van der Waals surface area contributed by atoms with E-state index in [1.807, 2.05) is 59.5 Å². The van der Waals surface area contributed by atoms with E-state index in [4.69, 9.17) is 9.26 Å². The van der Waals surface area contributed by atoms with E-state index in [9.17, 15) is 4.79 Å². The maximum atomic E-state index is 13.2. The zero-order chi connectivity index (χ0) is 21.5. The van der Waals surface area contributed by atoms with Gasteiger partial charge in [-0.15, -0.1) is 11.8 Å². The molecule has 0 radical (unpaired) electrons. The number of ether oxygens (including phenoxy) is 1. The first-order valence-electron chi connectivity index (χ1n) is 10.4. The third-order valence-electron chi connectivity index (χ3n) is 5.12. The van der Waals surface area contributed by atoms with Crippen molar-refractivity contribution in [1.82, 2.24) is 19.9 Å². The number of nitrogens with zero attached hydrogens (tertiary/aromatic N) is 4. The molecule has 0 aliphatic carbocycles. The van der Waals surface area contributed by atoms with E-state index in [0.717, 1.165) is 35.8 Å². The molecular formula is C23H26N4O3S. The first-order chi connectivity index (χ1) is 15.2. The van der Waals surface area contributed by atoms with Crippen LogP contribution < -0.4 is 4.74 Å². The molecule has 1 aliphatic rings. The molecule has 0 N–H and O–H groups in total. The van der Waals surface area contributed by atoms with Crippen molar-refractivity contribution < 1.29 is 14.1 Å². The molecule has 0 saturated carbocycles. The van der Waals surface area contributed by atoms with Crippen LogP contribution in [0, 0.1) is 6.92 Å². The third kappa shape index (κ3) is 5.86. The molecule has 162 valence electrons. The van der Waals surface area contributed by atoms with Gasteiger partial charge in [-0.3, -0.25) is 9.69 Å². The Morgan fingerprint density at radius 2 is 1.81 bits per heavy atom. The summed E-state index contributed by atoms with van der Waals surface area (Å²) in [6.45, 7) is 6.42. The number of carbonyl (C=O) groups is 1. The van der Waals surface area contributed by atoms with Crippen LogP contribution in [0.1, 0.15) is 22.1 Å². The van der Waals surface area contributed by atoms with E-state index >= 15 is 0 Å².